The Labute approximate surface area is 138 Å². The van der Waals surface area contributed by atoms with Gasteiger partial charge in [0.25, 0.3) is 11.8 Å². The van der Waals surface area contributed by atoms with Crippen molar-refractivity contribution in [2.75, 3.05) is 6.54 Å². The summed E-state index contributed by atoms with van der Waals surface area (Å²) >= 11 is 0. The molecule has 0 aliphatic carbocycles. The van der Waals surface area contributed by atoms with Gasteiger partial charge in [-0.2, -0.15) is 0 Å². The first-order valence-electron chi connectivity index (χ1n) is 7.53. The van der Waals surface area contributed by atoms with Crippen molar-refractivity contribution in [1.29, 1.82) is 0 Å². The zero-order chi connectivity index (χ0) is 17.1. The van der Waals surface area contributed by atoms with Crippen LogP contribution in [0.25, 0.3) is 6.08 Å². The summed E-state index contributed by atoms with van der Waals surface area (Å²) in [6.07, 6.45) is 4.23. The van der Waals surface area contributed by atoms with Gasteiger partial charge >= 0.3 is 5.97 Å². The van der Waals surface area contributed by atoms with E-state index in [1.807, 2.05) is 12.2 Å². The predicted molar refractivity (Wildman–Crippen MR) is 88.9 cm³/mol. The van der Waals surface area contributed by atoms with E-state index in [0.29, 0.717) is 24.1 Å². The maximum absolute atomic E-state index is 12.2. The summed E-state index contributed by atoms with van der Waals surface area (Å²) in [5.74, 6) is -1.47. The van der Waals surface area contributed by atoms with Gasteiger partial charge in [-0.15, -0.1) is 0 Å². The fraction of sp³-hybridized carbons (Fsp3) is 0.105. The smallest absolute Gasteiger partial charge is 0.335 e. The van der Waals surface area contributed by atoms with E-state index in [-0.39, 0.29) is 17.4 Å². The Bertz CT molecular complexity index is 802. The monoisotopic (exact) mass is 321 g/mol. The van der Waals surface area contributed by atoms with Crippen LogP contribution in [0, 0.1) is 0 Å². The van der Waals surface area contributed by atoms with Gasteiger partial charge in [0, 0.05) is 6.54 Å². The lowest BCUT2D eigenvalue weighted by atomic mass is 10.1. The Morgan fingerprint density at radius 3 is 2.08 bits per heavy atom. The molecule has 3 rings (SSSR count). The number of carboxylic acid groups (broad SMARTS) is 1. The zero-order valence-electron chi connectivity index (χ0n) is 12.8. The van der Waals surface area contributed by atoms with E-state index < -0.39 is 5.97 Å². The molecule has 1 N–H and O–H groups in total. The lowest BCUT2D eigenvalue weighted by molar-refractivity contribution is 0.0653. The Morgan fingerprint density at radius 2 is 1.54 bits per heavy atom. The quantitative estimate of drug-likeness (QED) is 0.859. The van der Waals surface area contributed by atoms with Crippen molar-refractivity contribution >= 4 is 23.9 Å². The molecule has 0 unspecified atom stereocenters. The summed E-state index contributed by atoms with van der Waals surface area (Å²) in [7, 11) is 0. The molecule has 1 aliphatic rings. The minimum Gasteiger partial charge on any atom is -0.478 e. The summed E-state index contributed by atoms with van der Waals surface area (Å²) in [5.41, 5.74) is 2.01. The topological polar surface area (TPSA) is 74.7 Å². The van der Waals surface area contributed by atoms with E-state index in [2.05, 4.69) is 0 Å². The van der Waals surface area contributed by atoms with Gasteiger partial charge in [0.2, 0.25) is 0 Å². The summed E-state index contributed by atoms with van der Waals surface area (Å²) < 4.78 is 0. The maximum Gasteiger partial charge on any atom is 0.335 e. The van der Waals surface area contributed by atoms with Gasteiger partial charge in [-0.3, -0.25) is 14.5 Å². The molecular weight excluding hydrogens is 306 g/mol. The molecule has 0 saturated heterocycles. The van der Waals surface area contributed by atoms with Gasteiger partial charge in [-0.1, -0.05) is 36.4 Å². The molecular formula is C19H15NO4. The zero-order valence-corrected chi connectivity index (χ0v) is 12.8. The standard InChI is InChI=1S/C19H15NO4/c21-17-15-6-1-2-7-16(15)18(22)20(17)12-4-3-5-13-8-10-14(11-9-13)19(23)24/h1-3,5-11H,4,12H2,(H,23,24)/b5-3+. The molecule has 0 saturated carbocycles. The van der Waals surface area contributed by atoms with Crippen LogP contribution < -0.4 is 0 Å². The normalized spacial score (nSPS) is 13.6. The Hall–Kier alpha value is -3.21. The minimum atomic E-state index is -0.962. The lowest BCUT2D eigenvalue weighted by Crippen LogP contribution is -2.30. The first-order chi connectivity index (χ1) is 11.6. The number of carboxylic acids is 1. The van der Waals surface area contributed by atoms with Crippen LogP contribution in [0.5, 0.6) is 0 Å². The number of rotatable bonds is 5. The maximum atomic E-state index is 12.2. The first kappa shape index (κ1) is 15.7. The van der Waals surface area contributed by atoms with E-state index in [9.17, 15) is 14.4 Å². The van der Waals surface area contributed by atoms with E-state index in [4.69, 9.17) is 5.11 Å². The number of fused-ring (bicyclic) bond motifs is 1. The van der Waals surface area contributed by atoms with Crippen LogP contribution in [0.15, 0.2) is 54.6 Å². The van der Waals surface area contributed by atoms with Crippen molar-refractivity contribution in [1.82, 2.24) is 4.90 Å². The number of hydrogen-bond acceptors (Lipinski definition) is 3. The van der Waals surface area contributed by atoms with Crippen LogP contribution in [0.4, 0.5) is 0 Å². The fourth-order valence-corrected chi connectivity index (χ4v) is 2.60. The van der Waals surface area contributed by atoms with Crippen molar-refractivity contribution in [2.45, 2.75) is 6.42 Å². The second-order valence-corrected chi connectivity index (χ2v) is 5.43. The second-order valence-electron chi connectivity index (χ2n) is 5.43. The number of carbonyl (C=O) groups excluding carboxylic acids is 2. The third-order valence-corrected chi connectivity index (χ3v) is 3.87. The Kier molecular flexibility index (Phi) is 4.24. The van der Waals surface area contributed by atoms with Crippen molar-refractivity contribution < 1.29 is 19.5 Å². The molecule has 2 aromatic rings. The molecule has 0 aromatic heterocycles. The number of carbonyl (C=O) groups is 3. The minimum absolute atomic E-state index is 0.234. The molecule has 5 nitrogen and oxygen atoms in total. The number of hydrogen-bond donors (Lipinski definition) is 1. The van der Waals surface area contributed by atoms with E-state index in [1.165, 1.54) is 17.0 Å². The van der Waals surface area contributed by atoms with Crippen LogP contribution in [-0.4, -0.2) is 34.3 Å². The van der Waals surface area contributed by atoms with Gasteiger partial charge < -0.3 is 5.11 Å². The molecule has 0 spiro atoms. The van der Waals surface area contributed by atoms with Gasteiger partial charge in [-0.25, -0.2) is 4.79 Å². The number of imide groups is 1. The highest BCUT2D eigenvalue weighted by molar-refractivity contribution is 6.21. The number of nitrogens with zero attached hydrogens (tertiary/aromatic N) is 1. The van der Waals surface area contributed by atoms with Crippen molar-refractivity contribution in [3.05, 3.63) is 76.9 Å². The molecule has 2 amide bonds. The van der Waals surface area contributed by atoms with Crippen LogP contribution in [0.1, 0.15) is 43.1 Å². The summed E-state index contributed by atoms with van der Waals surface area (Å²) in [6, 6.07) is 13.3. The molecule has 1 aliphatic heterocycles. The van der Waals surface area contributed by atoms with E-state index in [0.717, 1.165) is 5.56 Å². The summed E-state index contributed by atoms with van der Waals surface area (Å²) in [6.45, 7) is 0.316. The van der Waals surface area contributed by atoms with Gasteiger partial charge in [-0.05, 0) is 36.2 Å². The molecule has 1 heterocycles. The number of benzene rings is 2. The van der Waals surface area contributed by atoms with Crippen LogP contribution >= 0.6 is 0 Å². The van der Waals surface area contributed by atoms with Gasteiger partial charge in [0.05, 0.1) is 16.7 Å². The van der Waals surface area contributed by atoms with Crippen molar-refractivity contribution in [3.63, 3.8) is 0 Å². The number of amides is 2. The van der Waals surface area contributed by atoms with Gasteiger partial charge in [0.1, 0.15) is 0 Å². The molecule has 0 atom stereocenters. The van der Waals surface area contributed by atoms with E-state index >= 15 is 0 Å². The van der Waals surface area contributed by atoms with Crippen LogP contribution in [0.2, 0.25) is 0 Å². The predicted octanol–water partition coefficient (Wildman–Crippen LogP) is 3.08. The first-order valence-corrected chi connectivity index (χ1v) is 7.53. The molecule has 120 valence electrons. The Morgan fingerprint density at radius 1 is 0.958 bits per heavy atom. The molecule has 0 fully saturated rings. The highest BCUT2D eigenvalue weighted by Gasteiger charge is 2.34. The lowest BCUT2D eigenvalue weighted by Gasteiger charge is -2.11. The molecule has 0 radical (unpaired) electrons. The average Bonchev–Trinajstić information content (AvgIpc) is 2.84. The average molecular weight is 321 g/mol. The van der Waals surface area contributed by atoms with Crippen LogP contribution in [0.3, 0.4) is 0 Å². The number of aromatic carboxylic acids is 1. The Balaban J connectivity index is 1.60. The molecule has 5 heteroatoms. The SMILES string of the molecule is O=C(O)c1ccc(/C=C/CCN2C(=O)c3ccccc3C2=O)cc1. The fourth-order valence-electron chi connectivity index (χ4n) is 2.60. The highest BCUT2D eigenvalue weighted by atomic mass is 16.4. The third kappa shape index (κ3) is 2.96. The molecule has 2 aromatic carbocycles. The van der Waals surface area contributed by atoms with Crippen molar-refractivity contribution in [3.8, 4) is 0 Å². The second kappa shape index (κ2) is 6.50. The van der Waals surface area contributed by atoms with Crippen LogP contribution in [-0.2, 0) is 0 Å². The van der Waals surface area contributed by atoms with Gasteiger partial charge in [0.15, 0.2) is 0 Å². The summed E-state index contributed by atoms with van der Waals surface area (Å²) in [4.78, 5) is 36.4. The largest absolute Gasteiger partial charge is 0.478 e. The highest BCUT2D eigenvalue weighted by Crippen LogP contribution is 2.22. The molecule has 24 heavy (non-hydrogen) atoms. The summed E-state index contributed by atoms with van der Waals surface area (Å²) in [5, 5.41) is 8.85. The molecule has 0 bridgehead atoms. The van der Waals surface area contributed by atoms with E-state index in [1.54, 1.807) is 36.4 Å². The third-order valence-electron chi connectivity index (χ3n) is 3.87. The van der Waals surface area contributed by atoms with Crippen molar-refractivity contribution in [2.24, 2.45) is 0 Å².